The van der Waals surface area contributed by atoms with E-state index in [4.69, 9.17) is 9.88 Å². The molecule has 3 aromatic rings. The van der Waals surface area contributed by atoms with Gasteiger partial charge < -0.3 is 10.1 Å². The molecule has 0 fully saturated rings. The van der Waals surface area contributed by atoms with Crippen molar-refractivity contribution in [2.45, 2.75) is 4.90 Å². The molecule has 1 aromatic heterocycles. The molecule has 0 unspecified atom stereocenters. The Bertz CT molecular complexity index is 1060. The highest BCUT2D eigenvalue weighted by Gasteiger charge is 2.17. The SMILES string of the molecule is COc1ccc(NC(=O)c2cccc3cccnc23)cc1S(N)(=O)=O. The van der Waals surface area contributed by atoms with Gasteiger partial charge in [-0.1, -0.05) is 18.2 Å². The summed E-state index contributed by atoms with van der Waals surface area (Å²) in [6, 6.07) is 13.1. The van der Waals surface area contributed by atoms with E-state index in [0.717, 1.165) is 5.39 Å². The second-order valence-electron chi connectivity index (χ2n) is 5.25. The molecule has 0 saturated heterocycles. The summed E-state index contributed by atoms with van der Waals surface area (Å²) in [6.45, 7) is 0. The molecule has 0 radical (unpaired) electrons. The zero-order valence-electron chi connectivity index (χ0n) is 13.3. The molecule has 128 valence electrons. The monoisotopic (exact) mass is 357 g/mol. The van der Waals surface area contributed by atoms with Gasteiger partial charge in [-0.05, 0) is 30.3 Å². The number of carbonyl (C=O) groups excluding carboxylic acids is 1. The molecular formula is C17H15N3O4S. The van der Waals surface area contributed by atoms with Crippen LogP contribution < -0.4 is 15.2 Å². The van der Waals surface area contributed by atoms with Crippen LogP contribution >= 0.6 is 0 Å². The van der Waals surface area contributed by atoms with E-state index in [1.165, 1.54) is 25.3 Å². The van der Waals surface area contributed by atoms with Crippen molar-refractivity contribution < 1.29 is 17.9 Å². The molecule has 0 atom stereocenters. The van der Waals surface area contributed by atoms with Crippen LogP contribution in [0.5, 0.6) is 5.75 Å². The number of methoxy groups -OCH3 is 1. The van der Waals surface area contributed by atoms with Gasteiger partial charge in [-0.3, -0.25) is 9.78 Å². The molecule has 0 saturated carbocycles. The van der Waals surface area contributed by atoms with Crippen LogP contribution in [-0.4, -0.2) is 26.4 Å². The molecular weight excluding hydrogens is 342 g/mol. The van der Waals surface area contributed by atoms with E-state index in [2.05, 4.69) is 10.3 Å². The molecule has 0 aliphatic rings. The zero-order valence-corrected chi connectivity index (χ0v) is 14.1. The number of nitrogens with zero attached hydrogens (tertiary/aromatic N) is 1. The predicted molar refractivity (Wildman–Crippen MR) is 94.1 cm³/mol. The van der Waals surface area contributed by atoms with Gasteiger partial charge in [0.05, 0.1) is 18.2 Å². The molecule has 1 heterocycles. The first-order valence-electron chi connectivity index (χ1n) is 7.26. The second-order valence-corrected chi connectivity index (χ2v) is 6.78. The topological polar surface area (TPSA) is 111 Å². The predicted octanol–water partition coefficient (Wildman–Crippen LogP) is 2.14. The van der Waals surface area contributed by atoms with Crippen molar-refractivity contribution in [1.29, 1.82) is 0 Å². The normalized spacial score (nSPS) is 11.3. The van der Waals surface area contributed by atoms with E-state index in [9.17, 15) is 13.2 Å². The van der Waals surface area contributed by atoms with Crippen LogP contribution in [-0.2, 0) is 10.0 Å². The number of hydrogen-bond donors (Lipinski definition) is 2. The van der Waals surface area contributed by atoms with Crippen molar-refractivity contribution in [3.05, 3.63) is 60.3 Å². The number of ether oxygens (including phenoxy) is 1. The number of carbonyl (C=O) groups is 1. The Labute approximate surface area is 144 Å². The number of pyridine rings is 1. The molecule has 0 aliphatic heterocycles. The highest BCUT2D eigenvalue weighted by atomic mass is 32.2. The fourth-order valence-corrected chi connectivity index (χ4v) is 3.19. The number of nitrogens with one attached hydrogen (secondary N) is 1. The highest BCUT2D eigenvalue weighted by Crippen LogP contribution is 2.26. The number of hydrogen-bond acceptors (Lipinski definition) is 5. The molecule has 0 aliphatic carbocycles. The van der Waals surface area contributed by atoms with Gasteiger partial charge in [0, 0.05) is 17.3 Å². The summed E-state index contributed by atoms with van der Waals surface area (Å²) in [4.78, 5) is 16.6. The molecule has 2 aromatic carbocycles. The lowest BCUT2D eigenvalue weighted by Gasteiger charge is -2.11. The Hall–Kier alpha value is -2.97. The van der Waals surface area contributed by atoms with Crippen molar-refractivity contribution in [3.63, 3.8) is 0 Å². The third-order valence-electron chi connectivity index (χ3n) is 3.61. The maximum atomic E-state index is 12.6. The maximum absolute atomic E-state index is 12.6. The molecule has 25 heavy (non-hydrogen) atoms. The molecule has 0 spiro atoms. The van der Waals surface area contributed by atoms with Gasteiger partial charge in [-0.25, -0.2) is 13.6 Å². The lowest BCUT2D eigenvalue weighted by molar-refractivity contribution is 0.102. The first-order valence-corrected chi connectivity index (χ1v) is 8.81. The lowest BCUT2D eigenvalue weighted by Crippen LogP contribution is -2.16. The molecule has 1 amide bonds. The van der Waals surface area contributed by atoms with E-state index in [-0.39, 0.29) is 16.3 Å². The highest BCUT2D eigenvalue weighted by molar-refractivity contribution is 7.89. The Balaban J connectivity index is 1.98. The van der Waals surface area contributed by atoms with Gasteiger partial charge in [0.15, 0.2) is 0 Å². The zero-order chi connectivity index (χ0) is 18.0. The average molecular weight is 357 g/mol. The summed E-state index contributed by atoms with van der Waals surface area (Å²) in [7, 11) is -2.65. The van der Waals surface area contributed by atoms with Crippen molar-refractivity contribution in [2.24, 2.45) is 5.14 Å². The first-order chi connectivity index (χ1) is 11.9. The van der Waals surface area contributed by atoms with Gasteiger partial charge in [0.1, 0.15) is 10.6 Å². The van der Waals surface area contributed by atoms with Crippen LogP contribution in [0.1, 0.15) is 10.4 Å². The number of aromatic nitrogens is 1. The van der Waals surface area contributed by atoms with Crippen LogP contribution in [0.15, 0.2) is 59.6 Å². The molecule has 3 N–H and O–H groups in total. The van der Waals surface area contributed by atoms with Crippen LogP contribution in [0.3, 0.4) is 0 Å². The van der Waals surface area contributed by atoms with Crippen LogP contribution in [0.2, 0.25) is 0 Å². The lowest BCUT2D eigenvalue weighted by atomic mass is 10.1. The summed E-state index contributed by atoms with van der Waals surface area (Å²) >= 11 is 0. The van der Waals surface area contributed by atoms with E-state index in [1.807, 2.05) is 12.1 Å². The fourth-order valence-electron chi connectivity index (χ4n) is 2.46. The minimum absolute atomic E-state index is 0.104. The van der Waals surface area contributed by atoms with Crippen LogP contribution in [0.25, 0.3) is 10.9 Å². The van der Waals surface area contributed by atoms with E-state index < -0.39 is 15.9 Å². The number of rotatable bonds is 4. The number of primary sulfonamides is 1. The van der Waals surface area contributed by atoms with Gasteiger partial charge in [0.25, 0.3) is 5.91 Å². The van der Waals surface area contributed by atoms with E-state index >= 15 is 0 Å². The largest absolute Gasteiger partial charge is 0.495 e. The summed E-state index contributed by atoms with van der Waals surface area (Å²) < 4.78 is 28.3. The number of para-hydroxylation sites is 1. The minimum atomic E-state index is -3.99. The van der Waals surface area contributed by atoms with Crippen molar-refractivity contribution in [2.75, 3.05) is 12.4 Å². The quantitative estimate of drug-likeness (QED) is 0.743. The van der Waals surface area contributed by atoms with Crippen molar-refractivity contribution in [1.82, 2.24) is 4.98 Å². The molecule has 0 bridgehead atoms. The summed E-state index contributed by atoms with van der Waals surface area (Å²) in [5, 5.41) is 8.68. The summed E-state index contributed by atoms with van der Waals surface area (Å²) in [5.74, 6) is -0.304. The fraction of sp³-hybridized carbons (Fsp3) is 0.0588. The van der Waals surface area contributed by atoms with E-state index in [1.54, 1.807) is 24.4 Å². The van der Waals surface area contributed by atoms with Gasteiger partial charge >= 0.3 is 0 Å². The smallest absolute Gasteiger partial charge is 0.257 e. The number of anilines is 1. The van der Waals surface area contributed by atoms with Crippen LogP contribution in [0, 0.1) is 0 Å². The number of amides is 1. The summed E-state index contributed by atoms with van der Waals surface area (Å²) in [5.41, 5.74) is 1.22. The maximum Gasteiger partial charge on any atom is 0.257 e. The Kier molecular flexibility index (Phi) is 4.39. The van der Waals surface area contributed by atoms with E-state index in [0.29, 0.717) is 11.1 Å². The molecule has 8 heteroatoms. The third-order valence-corrected chi connectivity index (χ3v) is 4.54. The second kappa shape index (κ2) is 6.50. The van der Waals surface area contributed by atoms with Crippen molar-refractivity contribution >= 4 is 32.5 Å². The minimum Gasteiger partial charge on any atom is -0.495 e. The Morgan fingerprint density at radius 3 is 2.64 bits per heavy atom. The number of benzene rings is 2. The standard InChI is InChI=1S/C17H15N3O4S/c1-24-14-8-7-12(10-15(14)25(18,22)23)20-17(21)13-6-2-4-11-5-3-9-19-16(11)13/h2-10H,1H3,(H,20,21)(H2,18,22,23). The Morgan fingerprint density at radius 1 is 1.16 bits per heavy atom. The first kappa shape index (κ1) is 16.9. The van der Waals surface area contributed by atoms with Gasteiger partial charge in [-0.2, -0.15) is 0 Å². The van der Waals surface area contributed by atoms with Crippen LogP contribution in [0.4, 0.5) is 5.69 Å². The number of sulfonamides is 1. The molecule has 3 rings (SSSR count). The Morgan fingerprint density at radius 2 is 1.92 bits per heavy atom. The van der Waals surface area contributed by atoms with Crippen molar-refractivity contribution in [3.8, 4) is 5.75 Å². The van der Waals surface area contributed by atoms with Gasteiger partial charge in [-0.15, -0.1) is 0 Å². The molecule has 7 nitrogen and oxygen atoms in total. The number of fused-ring (bicyclic) bond motifs is 1. The summed E-state index contributed by atoms with van der Waals surface area (Å²) in [6.07, 6.45) is 1.60. The number of nitrogens with two attached hydrogens (primary N) is 1. The average Bonchev–Trinajstić information content (AvgIpc) is 2.60. The van der Waals surface area contributed by atoms with Gasteiger partial charge in [0.2, 0.25) is 10.0 Å². The third kappa shape index (κ3) is 3.44.